The first-order chi connectivity index (χ1) is 26.3. The van der Waals surface area contributed by atoms with Crippen molar-refractivity contribution in [2.45, 2.75) is 38.5 Å². The van der Waals surface area contributed by atoms with Crippen molar-refractivity contribution in [1.29, 1.82) is 0 Å². The van der Waals surface area contributed by atoms with Crippen molar-refractivity contribution in [3.05, 3.63) is 151 Å². The standard InChI is InChI=1S/C49H35N3OS/c1-48(2)36-25-24-34-42-31-16-9-8-13-28(31)22-26-40(42)54-44(34)43(36)32-23-21-30(27-37(32)49(48,3)4)46-50-45(29-14-6-5-7-15-29)51-47(52-46)35-18-12-20-39-41(35)33-17-10-11-19-38(33)53-39/h5-27H,1-4H3. The van der Waals surface area contributed by atoms with Gasteiger partial charge in [-0.15, -0.1) is 11.3 Å². The zero-order valence-electron chi connectivity index (χ0n) is 30.4. The molecule has 0 unspecified atom stereocenters. The number of aromatic nitrogens is 3. The van der Waals surface area contributed by atoms with E-state index in [2.05, 4.69) is 119 Å². The summed E-state index contributed by atoms with van der Waals surface area (Å²) in [6.45, 7) is 9.58. The van der Waals surface area contributed by atoms with Gasteiger partial charge < -0.3 is 4.42 Å². The Labute approximate surface area is 316 Å². The van der Waals surface area contributed by atoms with E-state index < -0.39 is 0 Å². The van der Waals surface area contributed by atoms with Crippen LogP contribution in [0.3, 0.4) is 0 Å². The van der Waals surface area contributed by atoms with Gasteiger partial charge in [-0.05, 0) is 62.6 Å². The van der Waals surface area contributed by atoms with Crippen molar-refractivity contribution >= 4 is 64.2 Å². The van der Waals surface area contributed by atoms with Gasteiger partial charge in [-0.25, -0.2) is 15.0 Å². The number of thiophene rings is 1. The fraction of sp³-hybridized carbons (Fsp3) is 0.122. The number of benzene rings is 7. The summed E-state index contributed by atoms with van der Waals surface area (Å²) in [7, 11) is 0. The Kier molecular flexibility index (Phi) is 6.49. The maximum absolute atomic E-state index is 6.28. The van der Waals surface area contributed by atoms with E-state index in [1.54, 1.807) is 0 Å². The van der Waals surface area contributed by atoms with Crippen LogP contribution < -0.4 is 0 Å². The minimum Gasteiger partial charge on any atom is -0.456 e. The fourth-order valence-electron chi connectivity index (χ4n) is 8.79. The number of fused-ring (bicyclic) bond motifs is 12. The highest BCUT2D eigenvalue weighted by Crippen LogP contribution is 2.57. The molecule has 5 heteroatoms. The van der Waals surface area contributed by atoms with E-state index in [9.17, 15) is 0 Å². The zero-order valence-corrected chi connectivity index (χ0v) is 31.3. The summed E-state index contributed by atoms with van der Waals surface area (Å²) in [4.78, 5) is 15.5. The first-order valence-corrected chi connectivity index (χ1v) is 19.3. The molecular formula is C49H35N3OS. The van der Waals surface area contributed by atoms with Crippen LogP contribution in [0.1, 0.15) is 38.8 Å². The van der Waals surface area contributed by atoms with E-state index in [0.717, 1.165) is 38.6 Å². The van der Waals surface area contributed by atoms with Gasteiger partial charge in [-0.2, -0.15) is 0 Å². The molecule has 3 heterocycles. The van der Waals surface area contributed by atoms with Gasteiger partial charge in [0.15, 0.2) is 17.5 Å². The second-order valence-electron chi connectivity index (χ2n) is 15.6. The normalized spacial score (nSPS) is 14.6. The Bertz CT molecular complexity index is 3170. The molecule has 3 aromatic heterocycles. The molecule has 0 fully saturated rings. The van der Waals surface area contributed by atoms with Crippen LogP contribution in [0.15, 0.2) is 144 Å². The van der Waals surface area contributed by atoms with Crippen molar-refractivity contribution in [3.8, 4) is 45.3 Å². The highest BCUT2D eigenvalue weighted by Gasteiger charge is 2.46. The molecule has 0 saturated carbocycles. The van der Waals surface area contributed by atoms with Crippen LogP contribution in [-0.4, -0.2) is 15.0 Å². The SMILES string of the molecule is CC1(C)c2cc(-c3nc(-c4ccccc4)nc(-c4cccc5oc6ccccc6c45)n3)ccc2-c2c(ccc3c2sc2ccc4ccccc4c23)C1(C)C. The van der Waals surface area contributed by atoms with E-state index >= 15 is 0 Å². The van der Waals surface area contributed by atoms with E-state index in [1.165, 1.54) is 53.2 Å². The molecule has 0 saturated heterocycles. The Balaban J connectivity index is 1.16. The van der Waals surface area contributed by atoms with Crippen LogP contribution >= 0.6 is 11.3 Å². The van der Waals surface area contributed by atoms with Gasteiger partial charge in [0.2, 0.25) is 0 Å². The smallest absolute Gasteiger partial charge is 0.164 e. The number of hydrogen-bond donors (Lipinski definition) is 0. The van der Waals surface area contributed by atoms with Gasteiger partial charge in [-0.1, -0.05) is 143 Å². The molecule has 4 nitrogen and oxygen atoms in total. The quantitative estimate of drug-likeness (QED) is 0.183. The number of hydrogen-bond acceptors (Lipinski definition) is 5. The molecule has 11 rings (SSSR count). The summed E-state index contributed by atoms with van der Waals surface area (Å²) in [6.07, 6.45) is 0. The van der Waals surface area contributed by atoms with Gasteiger partial charge in [0, 0.05) is 53.2 Å². The highest BCUT2D eigenvalue weighted by molar-refractivity contribution is 7.26. The van der Waals surface area contributed by atoms with Gasteiger partial charge in [0.05, 0.1) is 0 Å². The monoisotopic (exact) mass is 713 g/mol. The van der Waals surface area contributed by atoms with Gasteiger partial charge in [-0.3, -0.25) is 0 Å². The lowest BCUT2D eigenvalue weighted by atomic mass is 9.55. The Morgan fingerprint density at radius 3 is 2.04 bits per heavy atom. The minimum atomic E-state index is -0.193. The summed E-state index contributed by atoms with van der Waals surface area (Å²) in [5, 5.41) is 7.32. The molecular weight excluding hydrogens is 679 g/mol. The Morgan fingerprint density at radius 2 is 1.19 bits per heavy atom. The first kappa shape index (κ1) is 31.4. The largest absolute Gasteiger partial charge is 0.456 e. The third-order valence-electron chi connectivity index (χ3n) is 12.3. The van der Waals surface area contributed by atoms with Crippen LogP contribution in [0.5, 0.6) is 0 Å². The molecule has 1 aliphatic rings. The van der Waals surface area contributed by atoms with Crippen molar-refractivity contribution in [1.82, 2.24) is 15.0 Å². The summed E-state index contributed by atoms with van der Waals surface area (Å²) < 4.78 is 8.95. The lowest BCUT2D eigenvalue weighted by molar-refractivity contribution is 0.299. The molecule has 0 spiro atoms. The van der Waals surface area contributed by atoms with E-state index in [1.807, 2.05) is 59.9 Å². The van der Waals surface area contributed by atoms with Gasteiger partial charge >= 0.3 is 0 Å². The predicted octanol–water partition coefficient (Wildman–Crippen LogP) is 13.5. The van der Waals surface area contributed by atoms with Gasteiger partial charge in [0.25, 0.3) is 0 Å². The summed E-state index contributed by atoms with van der Waals surface area (Å²) in [5.74, 6) is 1.91. The summed E-state index contributed by atoms with van der Waals surface area (Å²) >= 11 is 1.92. The number of furan rings is 1. The molecule has 7 aromatic carbocycles. The van der Waals surface area contributed by atoms with Crippen molar-refractivity contribution in [2.24, 2.45) is 0 Å². The zero-order chi connectivity index (χ0) is 36.3. The molecule has 10 aromatic rings. The number of para-hydroxylation sites is 1. The first-order valence-electron chi connectivity index (χ1n) is 18.5. The lowest BCUT2D eigenvalue weighted by Crippen LogP contribution is -2.43. The number of nitrogens with zero attached hydrogens (tertiary/aromatic N) is 3. The molecule has 0 bridgehead atoms. The van der Waals surface area contributed by atoms with Crippen molar-refractivity contribution in [2.75, 3.05) is 0 Å². The van der Waals surface area contributed by atoms with Crippen LogP contribution in [0, 0.1) is 0 Å². The van der Waals surface area contributed by atoms with Crippen LogP contribution in [0.25, 0.3) is 98.2 Å². The molecule has 0 aliphatic heterocycles. The Morgan fingerprint density at radius 1 is 0.481 bits per heavy atom. The van der Waals surface area contributed by atoms with E-state index in [-0.39, 0.29) is 10.8 Å². The molecule has 0 N–H and O–H groups in total. The Hall–Kier alpha value is -6.17. The summed E-state index contributed by atoms with van der Waals surface area (Å²) in [5.41, 5.74) is 9.48. The third kappa shape index (κ3) is 4.33. The molecule has 0 atom stereocenters. The van der Waals surface area contributed by atoms with Crippen LogP contribution in [0.4, 0.5) is 0 Å². The van der Waals surface area contributed by atoms with Gasteiger partial charge in [0.1, 0.15) is 11.2 Å². The van der Waals surface area contributed by atoms with Crippen molar-refractivity contribution in [3.63, 3.8) is 0 Å². The second-order valence-corrected chi connectivity index (χ2v) is 16.6. The molecule has 258 valence electrons. The van der Waals surface area contributed by atoms with E-state index in [0.29, 0.717) is 17.5 Å². The maximum Gasteiger partial charge on any atom is 0.164 e. The summed E-state index contributed by atoms with van der Waals surface area (Å²) in [6, 6.07) is 49.4. The average molecular weight is 714 g/mol. The molecule has 0 radical (unpaired) electrons. The minimum absolute atomic E-state index is 0.155. The molecule has 1 aliphatic carbocycles. The van der Waals surface area contributed by atoms with Crippen LogP contribution in [-0.2, 0) is 10.8 Å². The fourth-order valence-corrected chi connectivity index (χ4v) is 10.1. The molecule has 0 amide bonds. The average Bonchev–Trinajstić information content (AvgIpc) is 3.79. The highest BCUT2D eigenvalue weighted by atomic mass is 32.1. The number of rotatable bonds is 3. The van der Waals surface area contributed by atoms with E-state index in [4.69, 9.17) is 19.4 Å². The maximum atomic E-state index is 6.28. The lowest BCUT2D eigenvalue weighted by Gasteiger charge is -2.48. The second kappa shape index (κ2) is 11.2. The van der Waals surface area contributed by atoms with Crippen LogP contribution in [0.2, 0.25) is 0 Å². The predicted molar refractivity (Wildman–Crippen MR) is 225 cm³/mol. The van der Waals surface area contributed by atoms with Crippen molar-refractivity contribution < 1.29 is 4.42 Å². The molecule has 54 heavy (non-hydrogen) atoms. The topological polar surface area (TPSA) is 51.8 Å². The third-order valence-corrected chi connectivity index (χ3v) is 13.5.